The van der Waals surface area contributed by atoms with Gasteiger partial charge in [-0.3, -0.25) is 4.90 Å². The van der Waals surface area contributed by atoms with Gasteiger partial charge in [0.05, 0.1) is 30.3 Å². The molecule has 6 heteroatoms. The van der Waals surface area contributed by atoms with E-state index in [0.717, 1.165) is 13.1 Å². The molecule has 2 aliphatic rings. The maximum absolute atomic E-state index is 14.2. The monoisotopic (exact) mass is 347 g/mol. The van der Waals surface area contributed by atoms with Crippen molar-refractivity contribution in [3.8, 4) is 0 Å². The Morgan fingerprint density at radius 1 is 1.17 bits per heavy atom. The number of benzene rings is 1. The third kappa shape index (κ3) is 2.99. The van der Waals surface area contributed by atoms with Crippen LogP contribution in [0.4, 0.5) is 10.2 Å². The van der Waals surface area contributed by atoms with Crippen LogP contribution in [-0.2, 0) is 4.74 Å². The molecule has 2 fully saturated rings. The van der Waals surface area contributed by atoms with Gasteiger partial charge in [-0.1, -0.05) is 41.9 Å². The predicted molar refractivity (Wildman–Crippen MR) is 91.9 cm³/mol. The summed E-state index contributed by atoms with van der Waals surface area (Å²) in [6, 6.07) is 12.2. The maximum atomic E-state index is 14.2. The van der Waals surface area contributed by atoms with E-state index in [1.165, 1.54) is 17.8 Å². The number of pyridine rings is 1. The zero-order valence-electron chi connectivity index (χ0n) is 13.2. The van der Waals surface area contributed by atoms with Gasteiger partial charge in [-0.05, 0) is 11.6 Å². The summed E-state index contributed by atoms with van der Waals surface area (Å²) in [5.74, 6) is 0.00757. The lowest BCUT2D eigenvalue weighted by Crippen LogP contribution is -2.59. The van der Waals surface area contributed by atoms with Gasteiger partial charge in [0.15, 0.2) is 11.6 Å². The summed E-state index contributed by atoms with van der Waals surface area (Å²) in [7, 11) is 0. The minimum Gasteiger partial charge on any atom is -0.378 e. The summed E-state index contributed by atoms with van der Waals surface area (Å²) >= 11 is 5.80. The highest BCUT2D eigenvalue weighted by Crippen LogP contribution is 2.31. The standard InChI is InChI=1S/C18H19ClFN3O/c19-14-8-16(20)18(21-9-14)22-6-7-23-15(10-22)11-24-12-17(23)13-4-2-1-3-5-13/h1-5,8-9,15,17H,6-7,10-12H2/t15-,17-/m1/s1. The Bertz CT molecular complexity index is 715. The zero-order chi connectivity index (χ0) is 16.5. The molecule has 0 bridgehead atoms. The molecule has 2 aromatic rings. The highest BCUT2D eigenvalue weighted by Gasteiger charge is 2.37. The second-order valence-corrected chi connectivity index (χ2v) is 6.70. The van der Waals surface area contributed by atoms with Crippen molar-refractivity contribution in [3.05, 3.63) is 59.0 Å². The van der Waals surface area contributed by atoms with Crippen molar-refractivity contribution in [2.24, 2.45) is 0 Å². The Kier molecular flexibility index (Phi) is 4.39. The number of rotatable bonds is 2. The molecule has 0 saturated carbocycles. The maximum Gasteiger partial charge on any atom is 0.167 e. The van der Waals surface area contributed by atoms with Crippen LogP contribution in [0.1, 0.15) is 11.6 Å². The highest BCUT2D eigenvalue weighted by molar-refractivity contribution is 6.30. The minimum absolute atomic E-state index is 0.231. The number of piperazine rings is 1. The predicted octanol–water partition coefficient (Wildman–Crippen LogP) is 3.14. The van der Waals surface area contributed by atoms with E-state index in [1.807, 2.05) is 11.0 Å². The van der Waals surface area contributed by atoms with Gasteiger partial charge in [-0.25, -0.2) is 9.37 Å². The average Bonchev–Trinajstić information content (AvgIpc) is 2.61. The second-order valence-electron chi connectivity index (χ2n) is 6.26. The van der Waals surface area contributed by atoms with Gasteiger partial charge in [0.2, 0.25) is 0 Å². The summed E-state index contributed by atoms with van der Waals surface area (Å²) in [4.78, 5) is 8.64. The fourth-order valence-electron chi connectivity index (χ4n) is 3.63. The van der Waals surface area contributed by atoms with E-state index in [-0.39, 0.29) is 17.9 Å². The molecule has 0 aliphatic carbocycles. The molecule has 0 radical (unpaired) electrons. The topological polar surface area (TPSA) is 28.6 Å². The lowest BCUT2D eigenvalue weighted by atomic mass is 10.00. The second kappa shape index (κ2) is 6.67. The fraction of sp³-hybridized carbons (Fsp3) is 0.389. The molecule has 0 amide bonds. The van der Waals surface area contributed by atoms with Crippen molar-refractivity contribution < 1.29 is 9.13 Å². The fourth-order valence-corrected chi connectivity index (χ4v) is 3.78. The molecule has 2 aliphatic heterocycles. The summed E-state index contributed by atoms with van der Waals surface area (Å²) < 4.78 is 20.0. The van der Waals surface area contributed by atoms with E-state index in [4.69, 9.17) is 16.3 Å². The van der Waals surface area contributed by atoms with Crippen molar-refractivity contribution in [1.82, 2.24) is 9.88 Å². The van der Waals surface area contributed by atoms with Crippen LogP contribution in [0.2, 0.25) is 5.02 Å². The van der Waals surface area contributed by atoms with Crippen LogP contribution in [-0.4, -0.2) is 48.8 Å². The average molecular weight is 348 g/mol. The molecule has 1 aromatic heterocycles. The van der Waals surface area contributed by atoms with Gasteiger partial charge < -0.3 is 9.64 Å². The number of anilines is 1. The van der Waals surface area contributed by atoms with Crippen molar-refractivity contribution >= 4 is 17.4 Å². The van der Waals surface area contributed by atoms with Gasteiger partial charge in [0.25, 0.3) is 0 Å². The first-order valence-corrected chi connectivity index (χ1v) is 8.54. The third-order valence-corrected chi connectivity index (χ3v) is 4.99. The first-order chi connectivity index (χ1) is 11.7. The molecule has 126 valence electrons. The van der Waals surface area contributed by atoms with Crippen LogP contribution in [0.15, 0.2) is 42.6 Å². The SMILES string of the molecule is Fc1cc(Cl)cnc1N1CCN2[C@@H](COC[C@@H]2c2ccccc2)C1. The molecule has 4 rings (SSSR count). The Hall–Kier alpha value is -1.69. The minimum atomic E-state index is -0.368. The Labute approximate surface area is 145 Å². The van der Waals surface area contributed by atoms with Crippen LogP contribution in [0, 0.1) is 5.82 Å². The molecule has 2 atom stereocenters. The van der Waals surface area contributed by atoms with Crippen molar-refractivity contribution in [1.29, 1.82) is 0 Å². The summed E-state index contributed by atoms with van der Waals surface area (Å²) in [6.07, 6.45) is 1.50. The number of ether oxygens (including phenoxy) is 1. The normalized spacial score (nSPS) is 24.7. The molecule has 4 nitrogen and oxygen atoms in total. The Morgan fingerprint density at radius 3 is 2.79 bits per heavy atom. The lowest BCUT2D eigenvalue weighted by molar-refractivity contribution is -0.0548. The van der Waals surface area contributed by atoms with Gasteiger partial charge in [-0.15, -0.1) is 0 Å². The molecule has 2 saturated heterocycles. The van der Waals surface area contributed by atoms with Crippen LogP contribution in [0.3, 0.4) is 0 Å². The third-order valence-electron chi connectivity index (χ3n) is 4.79. The van der Waals surface area contributed by atoms with Crippen molar-refractivity contribution in [2.75, 3.05) is 37.7 Å². The largest absolute Gasteiger partial charge is 0.378 e. The number of nitrogens with zero attached hydrogens (tertiary/aromatic N) is 3. The molecule has 0 N–H and O–H groups in total. The molecular weight excluding hydrogens is 329 g/mol. The van der Waals surface area contributed by atoms with Crippen LogP contribution < -0.4 is 4.90 Å². The lowest BCUT2D eigenvalue weighted by Gasteiger charge is -2.48. The number of fused-ring (bicyclic) bond motifs is 1. The summed E-state index contributed by atoms with van der Waals surface area (Å²) in [6.45, 7) is 3.67. The Balaban J connectivity index is 1.53. The number of aromatic nitrogens is 1. The van der Waals surface area contributed by atoms with Crippen molar-refractivity contribution in [3.63, 3.8) is 0 Å². The van der Waals surface area contributed by atoms with E-state index >= 15 is 0 Å². The number of hydrogen-bond donors (Lipinski definition) is 0. The van der Waals surface area contributed by atoms with Gasteiger partial charge in [-0.2, -0.15) is 0 Å². The van der Waals surface area contributed by atoms with E-state index in [2.05, 4.69) is 34.1 Å². The van der Waals surface area contributed by atoms with E-state index in [9.17, 15) is 4.39 Å². The molecule has 24 heavy (non-hydrogen) atoms. The number of morpholine rings is 1. The van der Waals surface area contributed by atoms with Gasteiger partial charge in [0.1, 0.15) is 0 Å². The first kappa shape index (κ1) is 15.8. The van der Waals surface area contributed by atoms with Crippen molar-refractivity contribution in [2.45, 2.75) is 12.1 Å². The van der Waals surface area contributed by atoms with Crippen LogP contribution >= 0.6 is 11.6 Å². The van der Waals surface area contributed by atoms with Gasteiger partial charge in [0, 0.05) is 25.8 Å². The van der Waals surface area contributed by atoms with E-state index in [1.54, 1.807) is 0 Å². The molecule has 3 heterocycles. The van der Waals surface area contributed by atoms with Crippen LogP contribution in [0.25, 0.3) is 0 Å². The Morgan fingerprint density at radius 2 is 2.00 bits per heavy atom. The smallest absolute Gasteiger partial charge is 0.167 e. The van der Waals surface area contributed by atoms with E-state index in [0.29, 0.717) is 30.6 Å². The van der Waals surface area contributed by atoms with Crippen LogP contribution in [0.5, 0.6) is 0 Å². The molecule has 0 spiro atoms. The summed E-state index contributed by atoms with van der Waals surface area (Å²) in [5, 5.41) is 0.319. The highest BCUT2D eigenvalue weighted by atomic mass is 35.5. The number of halogens is 2. The molecular formula is C18H19ClFN3O. The quantitative estimate of drug-likeness (QED) is 0.834. The number of hydrogen-bond acceptors (Lipinski definition) is 4. The first-order valence-electron chi connectivity index (χ1n) is 8.17. The molecule has 0 unspecified atom stereocenters. The zero-order valence-corrected chi connectivity index (χ0v) is 14.0. The summed E-state index contributed by atoms with van der Waals surface area (Å²) in [5.41, 5.74) is 1.27. The van der Waals surface area contributed by atoms with Gasteiger partial charge >= 0.3 is 0 Å². The van der Waals surface area contributed by atoms with E-state index < -0.39 is 0 Å². The molecule has 1 aromatic carbocycles.